The number of aromatic hydroxyl groups is 2. The second-order valence-corrected chi connectivity index (χ2v) is 9.33. The summed E-state index contributed by atoms with van der Waals surface area (Å²) in [7, 11) is 0. The first-order valence-corrected chi connectivity index (χ1v) is 11.8. The van der Waals surface area contributed by atoms with Crippen LogP contribution in [0.5, 0.6) is 17.2 Å². The average molecular weight is 446 g/mol. The Morgan fingerprint density at radius 3 is 2.30 bits per heavy atom. The van der Waals surface area contributed by atoms with Crippen molar-refractivity contribution in [3.63, 3.8) is 0 Å². The highest BCUT2D eigenvalue weighted by Crippen LogP contribution is 2.50. The summed E-state index contributed by atoms with van der Waals surface area (Å²) in [6.45, 7) is 3.98. The van der Waals surface area contributed by atoms with Gasteiger partial charge in [0, 0.05) is 18.9 Å². The van der Waals surface area contributed by atoms with Crippen molar-refractivity contribution in [1.29, 1.82) is 0 Å². The molecule has 1 fully saturated rings. The molecule has 1 aliphatic heterocycles. The third-order valence-electron chi connectivity index (χ3n) is 7.12. The van der Waals surface area contributed by atoms with Crippen molar-refractivity contribution in [2.24, 2.45) is 0 Å². The Balaban J connectivity index is 1.34. The van der Waals surface area contributed by atoms with Gasteiger partial charge in [-0.3, -0.25) is 4.90 Å². The van der Waals surface area contributed by atoms with Crippen LogP contribution < -0.4 is 4.74 Å². The van der Waals surface area contributed by atoms with E-state index in [0.717, 1.165) is 34.5 Å². The summed E-state index contributed by atoms with van der Waals surface area (Å²) in [6, 6.07) is 20.3. The Morgan fingerprint density at radius 2 is 1.58 bits per heavy atom. The van der Waals surface area contributed by atoms with Crippen molar-refractivity contribution < 1.29 is 20.1 Å². The van der Waals surface area contributed by atoms with E-state index in [9.17, 15) is 15.3 Å². The van der Waals surface area contributed by atoms with Crippen molar-refractivity contribution in [3.05, 3.63) is 89.0 Å². The van der Waals surface area contributed by atoms with E-state index in [4.69, 9.17) is 4.74 Å². The van der Waals surface area contributed by atoms with E-state index in [1.165, 1.54) is 25.9 Å². The number of nitrogens with zero attached hydrogens (tertiary/aromatic N) is 1. The van der Waals surface area contributed by atoms with Crippen LogP contribution in [0.25, 0.3) is 0 Å². The second kappa shape index (κ2) is 9.08. The van der Waals surface area contributed by atoms with E-state index in [0.29, 0.717) is 19.4 Å². The molecule has 0 saturated carbocycles. The molecule has 1 aliphatic carbocycles. The standard InChI is InChI=1S/C28H31NO4/c30-23-7-5-21(6-8-23)27-18-22-17-24(31)9-12-26(22)28(27,32)19-20-3-10-25(11-4-20)33-16-15-29-13-1-2-14-29/h3-12,17,27,30-32H,1-2,13-16,18-19H2. The third kappa shape index (κ3) is 4.56. The maximum Gasteiger partial charge on any atom is 0.119 e. The van der Waals surface area contributed by atoms with Crippen molar-refractivity contribution in [2.45, 2.75) is 37.2 Å². The van der Waals surface area contributed by atoms with E-state index < -0.39 is 5.60 Å². The molecule has 0 bridgehead atoms. The summed E-state index contributed by atoms with van der Waals surface area (Å²) in [6.07, 6.45) is 3.64. The molecule has 3 N–H and O–H groups in total. The molecule has 2 aliphatic rings. The van der Waals surface area contributed by atoms with Crippen LogP contribution in [0.15, 0.2) is 66.7 Å². The molecule has 3 aromatic rings. The summed E-state index contributed by atoms with van der Waals surface area (Å²) >= 11 is 0. The summed E-state index contributed by atoms with van der Waals surface area (Å²) in [4.78, 5) is 2.43. The van der Waals surface area contributed by atoms with E-state index in [2.05, 4.69) is 4.90 Å². The number of aliphatic hydroxyl groups is 1. The molecule has 33 heavy (non-hydrogen) atoms. The minimum Gasteiger partial charge on any atom is -0.508 e. The van der Waals surface area contributed by atoms with Crippen LogP contribution in [0.1, 0.15) is 41.0 Å². The Labute approximate surface area is 194 Å². The zero-order valence-electron chi connectivity index (χ0n) is 18.8. The van der Waals surface area contributed by atoms with Crippen molar-refractivity contribution in [3.8, 4) is 17.2 Å². The topological polar surface area (TPSA) is 73.2 Å². The fourth-order valence-electron chi connectivity index (χ4n) is 5.38. The monoisotopic (exact) mass is 445 g/mol. The molecule has 1 heterocycles. The highest BCUT2D eigenvalue weighted by molar-refractivity contribution is 5.49. The molecule has 2 atom stereocenters. The van der Waals surface area contributed by atoms with Gasteiger partial charge in [0.25, 0.3) is 0 Å². The van der Waals surface area contributed by atoms with E-state index in [1.807, 2.05) is 42.5 Å². The summed E-state index contributed by atoms with van der Waals surface area (Å²) in [5, 5.41) is 31.7. The van der Waals surface area contributed by atoms with Crippen LogP contribution in [-0.4, -0.2) is 46.5 Å². The lowest BCUT2D eigenvalue weighted by molar-refractivity contribution is 0.0189. The van der Waals surface area contributed by atoms with Gasteiger partial charge in [-0.1, -0.05) is 30.3 Å². The Hall–Kier alpha value is -3.02. The van der Waals surface area contributed by atoms with E-state index in [1.54, 1.807) is 24.3 Å². The predicted octanol–water partition coefficient (Wildman–Crippen LogP) is 4.34. The van der Waals surface area contributed by atoms with Crippen LogP contribution in [0.3, 0.4) is 0 Å². The zero-order chi connectivity index (χ0) is 22.8. The first-order chi connectivity index (χ1) is 16.0. The maximum atomic E-state index is 12.0. The second-order valence-electron chi connectivity index (χ2n) is 9.33. The smallest absolute Gasteiger partial charge is 0.119 e. The number of benzene rings is 3. The fourth-order valence-corrected chi connectivity index (χ4v) is 5.38. The first-order valence-electron chi connectivity index (χ1n) is 11.8. The minimum absolute atomic E-state index is 0.175. The Kier molecular flexibility index (Phi) is 6.00. The molecular weight excluding hydrogens is 414 g/mol. The molecule has 5 rings (SSSR count). The van der Waals surface area contributed by atoms with Gasteiger partial charge in [-0.2, -0.15) is 0 Å². The lowest BCUT2D eigenvalue weighted by Gasteiger charge is -2.32. The summed E-state index contributed by atoms with van der Waals surface area (Å²) in [5.74, 6) is 1.08. The van der Waals surface area contributed by atoms with Crippen LogP contribution >= 0.6 is 0 Å². The van der Waals surface area contributed by atoms with E-state index >= 15 is 0 Å². The molecular formula is C28H31NO4. The number of ether oxygens (including phenoxy) is 1. The molecule has 0 spiro atoms. The average Bonchev–Trinajstić information content (AvgIpc) is 3.42. The van der Waals surface area contributed by atoms with Gasteiger partial charge in [0.15, 0.2) is 0 Å². The lowest BCUT2D eigenvalue weighted by Crippen LogP contribution is -2.32. The number of hydrogen-bond acceptors (Lipinski definition) is 5. The molecule has 0 aromatic heterocycles. The Morgan fingerprint density at radius 1 is 0.879 bits per heavy atom. The first kappa shape index (κ1) is 21.8. The number of fused-ring (bicyclic) bond motifs is 1. The number of phenols is 2. The van der Waals surface area contributed by atoms with Gasteiger partial charge in [-0.05, 0) is 91.0 Å². The van der Waals surface area contributed by atoms with Gasteiger partial charge in [0.2, 0.25) is 0 Å². The van der Waals surface area contributed by atoms with Crippen LogP contribution in [0, 0.1) is 0 Å². The van der Waals surface area contributed by atoms with Gasteiger partial charge in [0.1, 0.15) is 29.5 Å². The fraction of sp³-hybridized carbons (Fsp3) is 0.357. The lowest BCUT2D eigenvalue weighted by atomic mass is 9.78. The molecule has 0 radical (unpaired) electrons. The van der Waals surface area contributed by atoms with Crippen molar-refractivity contribution >= 4 is 0 Å². The Bertz CT molecular complexity index is 1090. The molecule has 0 amide bonds. The van der Waals surface area contributed by atoms with Gasteiger partial charge in [-0.25, -0.2) is 0 Å². The largest absolute Gasteiger partial charge is 0.508 e. The molecule has 172 valence electrons. The van der Waals surface area contributed by atoms with Crippen LogP contribution in [-0.2, 0) is 18.4 Å². The molecule has 2 unspecified atom stereocenters. The third-order valence-corrected chi connectivity index (χ3v) is 7.12. The highest BCUT2D eigenvalue weighted by atomic mass is 16.5. The summed E-state index contributed by atoms with van der Waals surface area (Å²) < 4.78 is 5.93. The number of phenolic OH excluding ortho intramolecular Hbond substituents is 2. The minimum atomic E-state index is -1.11. The van der Waals surface area contributed by atoms with E-state index in [-0.39, 0.29) is 17.4 Å². The van der Waals surface area contributed by atoms with Gasteiger partial charge >= 0.3 is 0 Å². The molecule has 5 heteroatoms. The SMILES string of the molecule is Oc1ccc(C2Cc3cc(O)ccc3C2(O)Cc2ccc(OCCN3CCCC3)cc2)cc1. The number of hydrogen-bond donors (Lipinski definition) is 3. The number of likely N-dealkylation sites (tertiary alicyclic amines) is 1. The van der Waals surface area contributed by atoms with Crippen LogP contribution in [0.2, 0.25) is 0 Å². The molecule has 5 nitrogen and oxygen atoms in total. The predicted molar refractivity (Wildman–Crippen MR) is 128 cm³/mol. The van der Waals surface area contributed by atoms with Crippen LogP contribution in [0.4, 0.5) is 0 Å². The number of rotatable bonds is 7. The summed E-state index contributed by atoms with van der Waals surface area (Å²) in [5.41, 5.74) is 2.68. The maximum absolute atomic E-state index is 12.0. The zero-order valence-corrected chi connectivity index (χ0v) is 18.8. The quantitative estimate of drug-likeness (QED) is 0.505. The van der Waals surface area contributed by atoms with Gasteiger partial charge < -0.3 is 20.1 Å². The van der Waals surface area contributed by atoms with Gasteiger partial charge in [-0.15, -0.1) is 0 Å². The normalized spacial score (nSPS) is 22.4. The molecule has 1 saturated heterocycles. The van der Waals surface area contributed by atoms with Crippen molar-refractivity contribution in [2.75, 3.05) is 26.2 Å². The van der Waals surface area contributed by atoms with Crippen molar-refractivity contribution in [1.82, 2.24) is 4.90 Å². The van der Waals surface area contributed by atoms with Gasteiger partial charge in [0.05, 0.1) is 0 Å². The highest BCUT2D eigenvalue weighted by Gasteiger charge is 2.46. The molecule has 3 aromatic carbocycles.